The Labute approximate surface area is 254 Å². The molecule has 0 aromatic carbocycles. The van der Waals surface area contributed by atoms with Crippen LogP contribution in [-0.4, -0.2) is 34.4 Å². The number of rotatable bonds is 32. The van der Waals surface area contributed by atoms with Crippen molar-refractivity contribution in [3.8, 4) is 0 Å². The molecule has 0 fully saturated rings. The molecule has 230 valence electrons. The van der Waals surface area contributed by atoms with Gasteiger partial charge in [-0.25, -0.2) is 0 Å². The first-order valence-corrected chi connectivity index (χ1v) is 22.1. The Morgan fingerprint density at radius 2 is 0.526 bits per heavy atom. The topological polar surface area (TPSA) is 9.23 Å². The van der Waals surface area contributed by atoms with E-state index in [1.54, 1.807) is 8.87 Å². The molecule has 0 N–H and O–H groups in total. The first-order chi connectivity index (χ1) is 18.8. The Bertz CT molecular complexity index is 327. The monoisotopic (exact) mass is 644 g/mol. The van der Waals surface area contributed by atoms with Gasteiger partial charge in [0.15, 0.2) is 0 Å². The Morgan fingerprint density at radius 1 is 0.289 bits per heavy atom. The Hall–Kier alpha value is 0.759. The minimum atomic E-state index is 0.149. The van der Waals surface area contributed by atoms with E-state index in [0.29, 0.717) is 0 Å². The van der Waals surface area contributed by atoms with E-state index in [1.807, 2.05) is 0 Å². The molecule has 0 bridgehead atoms. The minimum absolute atomic E-state index is 0.149. The SMILES string of the molecule is CCCCCCCCCCCCCCOCCCCCCCCCCCCCC.CCC[CH2][Sn][CH2]CCC. The zero-order valence-electron chi connectivity index (χ0n) is 27.5. The van der Waals surface area contributed by atoms with E-state index in [2.05, 4.69) is 27.7 Å². The van der Waals surface area contributed by atoms with E-state index in [1.165, 1.54) is 180 Å². The van der Waals surface area contributed by atoms with Crippen molar-refractivity contribution in [2.75, 3.05) is 13.2 Å². The summed E-state index contributed by atoms with van der Waals surface area (Å²) in [6.07, 6.45) is 39.9. The Kier molecular flexibility index (Phi) is 45.4. The normalized spacial score (nSPS) is 11.1. The summed E-state index contributed by atoms with van der Waals surface area (Å²) in [7, 11) is 0. The molecule has 0 unspecified atom stereocenters. The van der Waals surface area contributed by atoms with Crippen LogP contribution in [0.4, 0.5) is 0 Å². The third kappa shape index (κ3) is 43.8. The molecule has 0 saturated carbocycles. The second kappa shape index (κ2) is 42.2. The standard InChI is InChI=1S/C28H58O.2C4H9.Sn/c1-3-5-7-9-11-13-15-17-19-21-23-25-27-29-28-26-24-22-20-18-16-14-12-10-8-6-4-2;2*1-3-4-2;/h3-28H2,1-2H3;2*1,3-4H2,2H3;. The van der Waals surface area contributed by atoms with Crippen LogP contribution in [0.15, 0.2) is 0 Å². The van der Waals surface area contributed by atoms with E-state index in [9.17, 15) is 0 Å². The summed E-state index contributed by atoms with van der Waals surface area (Å²) in [5.41, 5.74) is 0. The molecule has 0 aliphatic carbocycles. The first-order valence-electron chi connectivity index (χ1n) is 18.1. The van der Waals surface area contributed by atoms with Gasteiger partial charge in [0.1, 0.15) is 0 Å². The second-order valence-corrected chi connectivity index (χ2v) is 16.1. The molecule has 2 radical (unpaired) electrons. The van der Waals surface area contributed by atoms with Crippen LogP contribution in [0.25, 0.3) is 0 Å². The van der Waals surface area contributed by atoms with Crippen LogP contribution in [0, 0.1) is 0 Å². The van der Waals surface area contributed by atoms with Crippen molar-refractivity contribution in [1.82, 2.24) is 0 Å². The molecule has 0 spiro atoms. The number of hydrogen-bond acceptors (Lipinski definition) is 1. The number of ether oxygens (including phenoxy) is 1. The van der Waals surface area contributed by atoms with Gasteiger partial charge in [-0.1, -0.05) is 155 Å². The van der Waals surface area contributed by atoms with Crippen LogP contribution in [0.5, 0.6) is 0 Å². The summed E-state index contributed by atoms with van der Waals surface area (Å²) in [4.78, 5) is 0. The summed E-state index contributed by atoms with van der Waals surface area (Å²) in [6.45, 7) is 11.2. The number of unbranched alkanes of at least 4 members (excludes halogenated alkanes) is 24. The van der Waals surface area contributed by atoms with Crippen molar-refractivity contribution < 1.29 is 4.74 Å². The molecule has 0 amide bonds. The van der Waals surface area contributed by atoms with Gasteiger partial charge in [-0.2, -0.15) is 0 Å². The fourth-order valence-corrected chi connectivity index (χ4v) is 9.08. The summed E-state index contributed by atoms with van der Waals surface area (Å²) in [5.74, 6) is 0. The van der Waals surface area contributed by atoms with Gasteiger partial charge in [0.2, 0.25) is 0 Å². The quantitative estimate of drug-likeness (QED) is 0.0524. The summed E-state index contributed by atoms with van der Waals surface area (Å²) >= 11 is 0.149. The predicted molar refractivity (Wildman–Crippen MR) is 178 cm³/mol. The van der Waals surface area contributed by atoms with Gasteiger partial charge in [-0.05, 0) is 12.8 Å². The molecule has 1 nitrogen and oxygen atoms in total. The van der Waals surface area contributed by atoms with Crippen LogP contribution < -0.4 is 0 Å². The van der Waals surface area contributed by atoms with Gasteiger partial charge >= 0.3 is 69.5 Å². The summed E-state index contributed by atoms with van der Waals surface area (Å²) < 4.78 is 9.07. The molecular formula is C36H76OSn. The van der Waals surface area contributed by atoms with Gasteiger partial charge < -0.3 is 4.74 Å². The van der Waals surface area contributed by atoms with Gasteiger partial charge in [-0.3, -0.25) is 0 Å². The van der Waals surface area contributed by atoms with Crippen molar-refractivity contribution in [2.45, 2.75) is 216 Å². The van der Waals surface area contributed by atoms with E-state index in [4.69, 9.17) is 4.74 Å². The molecule has 0 aromatic heterocycles. The van der Waals surface area contributed by atoms with Crippen LogP contribution in [0.3, 0.4) is 0 Å². The van der Waals surface area contributed by atoms with E-state index in [0.717, 1.165) is 13.2 Å². The predicted octanol–water partition coefficient (Wildman–Crippen LogP) is 13.5. The zero-order chi connectivity index (χ0) is 28.0. The maximum absolute atomic E-state index is 5.82. The third-order valence-corrected chi connectivity index (χ3v) is 11.7. The molecule has 0 saturated heterocycles. The first kappa shape index (κ1) is 40.9. The summed E-state index contributed by atoms with van der Waals surface area (Å²) in [5, 5.41) is 0. The van der Waals surface area contributed by atoms with Crippen molar-refractivity contribution >= 4 is 21.1 Å². The fourth-order valence-electron chi connectivity index (χ4n) is 4.92. The van der Waals surface area contributed by atoms with Gasteiger partial charge in [0, 0.05) is 13.2 Å². The van der Waals surface area contributed by atoms with Crippen LogP contribution in [0.2, 0.25) is 8.87 Å². The third-order valence-electron chi connectivity index (χ3n) is 7.70. The molecule has 0 aliphatic heterocycles. The van der Waals surface area contributed by atoms with Crippen LogP contribution in [0.1, 0.15) is 207 Å². The number of hydrogen-bond donors (Lipinski definition) is 0. The van der Waals surface area contributed by atoms with Crippen molar-refractivity contribution in [3.05, 3.63) is 0 Å². The molecule has 0 atom stereocenters. The molecule has 38 heavy (non-hydrogen) atoms. The van der Waals surface area contributed by atoms with Gasteiger partial charge in [0.05, 0.1) is 0 Å². The van der Waals surface area contributed by atoms with E-state index in [-0.39, 0.29) is 21.1 Å². The van der Waals surface area contributed by atoms with Gasteiger partial charge in [0.25, 0.3) is 0 Å². The average molecular weight is 644 g/mol. The molecule has 2 heteroatoms. The fraction of sp³-hybridized carbons (Fsp3) is 1.00. The molecule has 0 rings (SSSR count). The Balaban J connectivity index is 0. The zero-order valence-corrected chi connectivity index (χ0v) is 30.4. The maximum atomic E-state index is 5.82. The molecule has 0 heterocycles. The van der Waals surface area contributed by atoms with E-state index < -0.39 is 0 Å². The second-order valence-electron chi connectivity index (χ2n) is 11.8. The molecular weight excluding hydrogens is 567 g/mol. The average Bonchev–Trinajstić information content (AvgIpc) is 2.93. The summed E-state index contributed by atoms with van der Waals surface area (Å²) in [6, 6.07) is 0. The van der Waals surface area contributed by atoms with Crippen molar-refractivity contribution in [3.63, 3.8) is 0 Å². The molecule has 0 aliphatic rings. The van der Waals surface area contributed by atoms with Crippen molar-refractivity contribution in [1.29, 1.82) is 0 Å². The molecule has 0 aromatic rings. The van der Waals surface area contributed by atoms with Crippen LogP contribution in [-0.2, 0) is 4.74 Å². The van der Waals surface area contributed by atoms with Crippen molar-refractivity contribution in [2.24, 2.45) is 0 Å². The Morgan fingerprint density at radius 3 is 0.789 bits per heavy atom. The van der Waals surface area contributed by atoms with Crippen LogP contribution >= 0.6 is 0 Å². The van der Waals surface area contributed by atoms with Gasteiger partial charge in [-0.15, -0.1) is 0 Å². The van der Waals surface area contributed by atoms with E-state index >= 15 is 0 Å².